The van der Waals surface area contributed by atoms with Crippen LogP contribution in [0.15, 0.2) is 6.07 Å². The SMILES string of the molecule is COc1cc(C=O)c(C(F)(F)F)c(OC)c1OC. The maximum absolute atomic E-state index is 12.9. The van der Waals surface area contributed by atoms with Crippen LogP contribution in [-0.2, 0) is 6.18 Å². The number of rotatable bonds is 4. The van der Waals surface area contributed by atoms with Crippen LogP contribution in [0.4, 0.5) is 13.2 Å². The van der Waals surface area contributed by atoms with E-state index in [1.54, 1.807) is 0 Å². The molecule has 100 valence electrons. The van der Waals surface area contributed by atoms with E-state index < -0.39 is 23.1 Å². The average Bonchev–Trinajstić information content (AvgIpc) is 2.34. The minimum Gasteiger partial charge on any atom is -0.493 e. The van der Waals surface area contributed by atoms with Crippen LogP contribution in [0.2, 0.25) is 0 Å². The Morgan fingerprint density at radius 1 is 1.06 bits per heavy atom. The van der Waals surface area contributed by atoms with E-state index in [-0.39, 0.29) is 17.8 Å². The van der Waals surface area contributed by atoms with Gasteiger partial charge in [0.25, 0.3) is 0 Å². The number of benzene rings is 1. The van der Waals surface area contributed by atoms with Gasteiger partial charge < -0.3 is 14.2 Å². The predicted molar refractivity (Wildman–Crippen MR) is 56.5 cm³/mol. The monoisotopic (exact) mass is 264 g/mol. The summed E-state index contributed by atoms with van der Waals surface area (Å²) in [5.74, 6) is -0.797. The third-order valence-electron chi connectivity index (χ3n) is 2.27. The lowest BCUT2D eigenvalue weighted by Gasteiger charge is -2.19. The van der Waals surface area contributed by atoms with Gasteiger partial charge in [0.1, 0.15) is 5.56 Å². The van der Waals surface area contributed by atoms with Crippen LogP contribution in [0.5, 0.6) is 17.2 Å². The summed E-state index contributed by atoms with van der Waals surface area (Å²) in [6.07, 6.45) is -4.64. The molecule has 0 heterocycles. The molecule has 0 aliphatic heterocycles. The van der Waals surface area contributed by atoms with Gasteiger partial charge >= 0.3 is 6.18 Å². The maximum Gasteiger partial charge on any atom is 0.420 e. The van der Waals surface area contributed by atoms with Crippen molar-refractivity contribution in [3.05, 3.63) is 17.2 Å². The number of carbonyl (C=O) groups is 1. The first-order chi connectivity index (χ1) is 8.40. The number of alkyl halides is 3. The number of carbonyl (C=O) groups excluding carboxylic acids is 1. The van der Waals surface area contributed by atoms with E-state index in [1.165, 1.54) is 14.2 Å². The van der Waals surface area contributed by atoms with Crippen LogP contribution < -0.4 is 14.2 Å². The summed E-state index contributed by atoms with van der Waals surface area (Å²) in [6.45, 7) is 0. The van der Waals surface area contributed by atoms with E-state index in [0.29, 0.717) is 0 Å². The van der Waals surface area contributed by atoms with Gasteiger partial charge in [0, 0.05) is 5.56 Å². The molecule has 0 saturated heterocycles. The second kappa shape index (κ2) is 5.16. The van der Waals surface area contributed by atoms with Crippen molar-refractivity contribution in [1.29, 1.82) is 0 Å². The summed E-state index contributed by atoms with van der Waals surface area (Å²) in [6, 6.07) is 0.956. The Morgan fingerprint density at radius 3 is 1.94 bits per heavy atom. The molecule has 0 atom stereocenters. The molecule has 18 heavy (non-hydrogen) atoms. The molecule has 0 spiro atoms. The van der Waals surface area contributed by atoms with Crippen molar-refractivity contribution in [2.75, 3.05) is 21.3 Å². The summed E-state index contributed by atoms with van der Waals surface area (Å²) in [5, 5.41) is 0. The zero-order valence-corrected chi connectivity index (χ0v) is 9.92. The minimum absolute atomic E-state index is 0.00977. The van der Waals surface area contributed by atoms with E-state index >= 15 is 0 Å². The first kappa shape index (κ1) is 14.1. The molecule has 0 bridgehead atoms. The third kappa shape index (κ3) is 2.34. The quantitative estimate of drug-likeness (QED) is 0.784. The van der Waals surface area contributed by atoms with Gasteiger partial charge in [-0.3, -0.25) is 4.79 Å². The van der Waals surface area contributed by atoms with E-state index in [1.807, 2.05) is 0 Å². The van der Waals surface area contributed by atoms with Gasteiger partial charge in [-0.15, -0.1) is 0 Å². The molecule has 0 radical (unpaired) electrons. The van der Waals surface area contributed by atoms with Crippen molar-refractivity contribution in [2.45, 2.75) is 6.18 Å². The fraction of sp³-hybridized carbons (Fsp3) is 0.364. The molecule has 0 aromatic heterocycles. The number of methoxy groups -OCH3 is 3. The van der Waals surface area contributed by atoms with Gasteiger partial charge in [-0.2, -0.15) is 13.2 Å². The third-order valence-corrected chi connectivity index (χ3v) is 2.27. The van der Waals surface area contributed by atoms with E-state index in [0.717, 1.165) is 13.2 Å². The van der Waals surface area contributed by atoms with Crippen LogP contribution >= 0.6 is 0 Å². The first-order valence-electron chi connectivity index (χ1n) is 4.76. The van der Waals surface area contributed by atoms with E-state index in [4.69, 9.17) is 14.2 Å². The Kier molecular flexibility index (Phi) is 4.05. The highest BCUT2D eigenvalue weighted by Crippen LogP contribution is 2.47. The van der Waals surface area contributed by atoms with Crippen LogP contribution in [0.1, 0.15) is 15.9 Å². The molecule has 0 aliphatic carbocycles. The Morgan fingerprint density at radius 2 is 1.61 bits per heavy atom. The molecule has 0 saturated carbocycles. The number of aldehydes is 1. The molecule has 0 fully saturated rings. The lowest BCUT2D eigenvalue weighted by atomic mass is 10.1. The van der Waals surface area contributed by atoms with Crippen molar-refractivity contribution >= 4 is 6.29 Å². The highest BCUT2D eigenvalue weighted by molar-refractivity contribution is 5.82. The largest absolute Gasteiger partial charge is 0.493 e. The van der Waals surface area contributed by atoms with Crippen molar-refractivity contribution in [3.63, 3.8) is 0 Å². The van der Waals surface area contributed by atoms with Gasteiger partial charge in [0.05, 0.1) is 21.3 Å². The molecule has 1 aromatic rings. The lowest BCUT2D eigenvalue weighted by Crippen LogP contribution is -2.13. The van der Waals surface area contributed by atoms with Crippen molar-refractivity contribution in [2.24, 2.45) is 0 Å². The first-order valence-corrected chi connectivity index (χ1v) is 4.76. The highest BCUT2D eigenvalue weighted by atomic mass is 19.4. The van der Waals surface area contributed by atoms with Gasteiger partial charge in [-0.1, -0.05) is 0 Å². The summed E-state index contributed by atoms with van der Waals surface area (Å²) >= 11 is 0. The van der Waals surface area contributed by atoms with Gasteiger partial charge in [0.15, 0.2) is 17.8 Å². The van der Waals surface area contributed by atoms with Crippen molar-refractivity contribution in [1.82, 2.24) is 0 Å². The Labute approximate surface area is 101 Å². The molecule has 4 nitrogen and oxygen atoms in total. The molecule has 0 aliphatic rings. The maximum atomic E-state index is 12.9. The summed E-state index contributed by atoms with van der Waals surface area (Å²) in [7, 11) is 3.49. The average molecular weight is 264 g/mol. The number of ether oxygens (including phenoxy) is 3. The summed E-state index contributed by atoms with van der Waals surface area (Å²) in [5.41, 5.74) is -1.75. The topological polar surface area (TPSA) is 44.8 Å². The fourth-order valence-electron chi connectivity index (χ4n) is 1.56. The predicted octanol–water partition coefficient (Wildman–Crippen LogP) is 2.54. The fourth-order valence-corrected chi connectivity index (χ4v) is 1.56. The zero-order chi connectivity index (χ0) is 13.9. The molecule has 1 rings (SSSR count). The molecule has 0 N–H and O–H groups in total. The van der Waals surface area contributed by atoms with Gasteiger partial charge in [-0.05, 0) is 6.07 Å². The second-order valence-electron chi connectivity index (χ2n) is 3.23. The number of hydrogen-bond donors (Lipinski definition) is 0. The lowest BCUT2D eigenvalue weighted by molar-refractivity contribution is -0.139. The Hall–Kier alpha value is -1.92. The Bertz CT molecular complexity index is 455. The van der Waals surface area contributed by atoms with E-state index in [9.17, 15) is 18.0 Å². The van der Waals surface area contributed by atoms with E-state index in [2.05, 4.69) is 0 Å². The van der Waals surface area contributed by atoms with Gasteiger partial charge in [-0.25, -0.2) is 0 Å². The number of halogens is 3. The molecular weight excluding hydrogens is 253 g/mol. The van der Waals surface area contributed by atoms with Crippen LogP contribution in [0, 0.1) is 0 Å². The van der Waals surface area contributed by atoms with Crippen LogP contribution in [0.25, 0.3) is 0 Å². The van der Waals surface area contributed by atoms with Crippen LogP contribution in [-0.4, -0.2) is 27.6 Å². The second-order valence-corrected chi connectivity index (χ2v) is 3.23. The van der Waals surface area contributed by atoms with Gasteiger partial charge in [0.2, 0.25) is 5.75 Å². The molecule has 7 heteroatoms. The summed E-state index contributed by atoms with van der Waals surface area (Å²) < 4.78 is 53.1. The molecule has 0 unspecified atom stereocenters. The highest BCUT2D eigenvalue weighted by Gasteiger charge is 2.40. The standard InChI is InChI=1S/C11H11F3O4/c1-16-7-4-6(5-15)8(11(12,13)14)10(18-3)9(7)17-2/h4-5H,1-3H3. The zero-order valence-electron chi connectivity index (χ0n) is 9.92. The van der Waals surface area contributed by atoms with Crippen LogP contribution in [0.3, 0.4) is 0 Å². The summed E-state index contributed by atoms with van der Waals surface area (Å²) in [4.78, 5) is 10.8. The normalized spacial score (nSPS) is 11.0. The molecular formula is C11H11F3O4. The smallest absolute Gasteiger partial charge is 0.420 e. The van der Waals surface area contributed by atoms with Crippen molar-refractivity contribution in [3.8, 4) is 17.2 Å². The molecule has 0 amide bonds. The van der Waals surface area contributed by atoms with Crippen molar-refractivity contribution < 1.29 is 32.2 Å². The Balaban J connectivity index is 3.72. The minimum atomic E-state index is -4.73. The number of hydrogen-bond acceptors (Lipinski definition) is 4. The molecule has 1 aromatic carbocycles.